The van der Waals surface area contributed by atoms with Crippen LogP contribution < -0.4 is 5.73 Å². The third-order valence-electron chi connectivity index (χ3n) is 3.13. The Morgan fingerprint density at radius 2 is 1.89 bits per heavy atom. The Bertz CT molecular complexity index is 336. The number of nitrogens with two attached hydrogens (primary N) is 1. The van der Waals surface area contributed by atoms with Gasteiger partial charge in [-0.15, -0.1) is 0 Å². The number of rotatable bonds is 6. The average Bonchev–Trinajstić information content (AvgIpc) is 2.64. The summed E-state index contributed by atoms with van der Waals surface area (Å²) in [7, 11) is 1.30. The molecule has 0 aromatic rings. The average molecular weight is 256 g/mol. The minimum absolute atomic E-state index is 0.108. The lowest BCUT2D eigenvalue weighted by Gasteiger charge is -2.21. The monoisotopic (exact) mass is 256 g/mol. The van der Waals surface area contributed by atoms with Gasteiger partial charge in [0.05, 0.1) is 7.11 Å². The number of carbonyl (C=O) groups excluding carboxylic acids is 3. The third-order valence-corrected chi connectivity index (χ3v) is 3.13. The van der Waals surface area contributed by atoms with Crippen molar-refractivity contribution in [2.75, 3.05) is 13.7 Å². The van der Waals surface area contributed by atoms with E-state index in [2.05, 4.69) is 4.74 Å². The molecule has 1 unspecified atom stereocenters. The van der Waals surface area contributed by atoms with Gasteiger partial charge < -0.3 is 10.5 Å². The molecule has 0 radical (unpaired) electrons. The van der Waals surface area contributed by atoms with Crippen LogP contribution in [0.1, 0.15) is 39.0 Å². The first kappa shape index (κ1) is 14.6. The van der Waals surface area contributed by atoms with E-state index in [1.807, 2.05) is 0 Å². The summed E-state index contributed by atoms with van der Waals surface area (Å²) in [5.74, 6) is -0.664. The maximum absolute atomic E-state index is 11.3. The maximum atomic E-state index is 11.3. The van der Waals surface area contributed by atoms with Crippen LogP contribution in [0.3, 0.4) is 0 Å². The van der Waals surface area contributed by atoms with Gasteiger partial charge >= 0.3 is 5.97 Å². The van der Waals surface area contributed by atoms with Gasteiger partial charge in [-0.25, -0.2) is 0 Å². The summed E-state index contributed by atoms with van der Waals surface area (Å²) in [6, 6.07) is 0. The molecule has 1 atom stereocenters. The summed E-state index contributed by atoms with van der Waals surface area (Å²) < 4.78 is 4.60. The molecule has 6 heteroatoms. The quantitative estimate of drug-likeness (QED) is 0.416. The van der Waals surface area contributed by atoms with Crippen molar-refractivity contribution in [3.8, 4) is 0 Å². The summed E-state index contributed by atoms with van der Waals surface area (Å²) in [5.41, 5.74) is 4.79. The standard InChI is InChI=1S/C12H20N2O4/c1-12(13,11(17)18-2)7-3-4-8-14-9(15)5-6-10(14)16/h3-8,13H2,1-2H3. The first-order valence-corrected chi connectivity index (χ1v) is 6.09. The molecule has 0 bridgehead atoms. The van der Waals surface area contributed by atoms with E-state index in [1.54, 1.807) is 6.92 Å². The van der Waals surface area contributed by atoms with Gasteiger partial charge in [-0.2, -0.15) is 0 Å². The summed E-state index contributed by atoms with van der Waals surface area (Å²) in [5, 5.41) is 0. The first-order chi connectivity index (χ1) is 8.38. The van der Waals surface area contributed by atoms with Crippen LogP contribution in [0.25, 0.3) is 0 Å². The molecule has 102 valence electrons. The Balaban J connectivity index is 2.28. The molecule has 0 spiro atoms. The molecule has 0 saturated carbocycles. The predicted octanol–water partition coefficient (Wildman–Crippen LogP) is 0.196. The van der Waals surface area contributed by atoms with Crippen LogP contribution in [0, 0.1) is 0 Å². The molecule has 18 heavy (non-hydrogen) atoms. The highest BCUT2D eigenvalue weighted by Gasteiger charge is 2.30. The molecular weight excluding hydrogens is 236 g/mol. The summed E-state index contributed by atoms with van der Waals surface area (Å²) >= 11 is 0. The van der Waals surface area contributed by atoms with Crippen LogP contribution in [0.2, 0.25) is 0 Å². The number of likely N-dealkylation sites (tertiary alicyclic amines) is 1. The van der Waals surface area contributed by atoms with Gasteiger partial charge in [0.15, 0.2) is 0 Å². The fourth-order valence-electron chi connectivity index (χ4n) is 1.97. The lowest BCUT2D eigenvalue weighted by molar-refractivity contribution is -0.147. The van der Waals surface area contributed by atoms with Gasteiger partial charge in [0.25, 0.3) is 0 Å². The minimum Gasteiger partial charge on any atom is -0.468 e. The molecule has 2 amide bonds. The molecule has 1 fully saturated rings. The lowest BCUT2D eigenvalue weighted by atomic mass is 9.96. The van der Waals surface area contributed by atoms with Crippen LogP contribution in [-0.4, -0.2) is 41.9 Å². The highest BCUT2D eigenvalue weighted by atomic mass is 16.5. The maximum Gasteiger partial charge on any atom is 0.325 e. The van der Waals surface area contributed by atoms with Crippen LogP contribution in [-0.2, 0) is 19.1 Å². The number of esters is 1. The molecular formula is C12H20N2O4. The Kier molecular flexibility index (Phi) is 4.84. The molecule has 1 heterocycles. The number of carbonyl (C=O) groups is 3. The number of amides is 2. The van der Waals surface area contributed by atoms with Crippen molar-refractivity contribution in [3.63, 3.8) is 0 Å². The van der Waals surface area contributed by atoms with E-state index in [-0.39, 0.29) is 11.8 Å². The number of methoxy groups -OCH3 is 1. The van der Waals surface area contributed by atoms with Crippen LogP contribution in [0.15, 0.2) is 0 Å². The molecule has 1 aliphatic heterocycles. The van der Waals surface area contributed by atoms with Gasteiger partial charge in [-0.05, 0) is 26.2 Å². The second kappa shape index (κ2) is 5.95. The van der Waals surface area contributed by atoms with Crippen molar-refractivity contribution >= 4 is 17.8 Å². The topological polar surface area (TPSA) is 89.7 Å². The fraction of sp³-hybridized carbons (Fsp3) is 0.750. The van der Waals surface area contributed by atoms with Crippen LogP contribution >= 0.6 is 0 Å². The Hall–Kier alpha value is -1.43. The first-order valence-electron chi connectivity index (χ1n) is 6.09. The van der Waals surface area contributed by atoms with E-state index in [1.165, 1.54) is 12.0 Å². The fourth-order valence-corrected chi connectivity index (χ4v) is 1.97. The normalized spacial score (nSPS) is 18.9. The van der Waals surface area contributed by atoms with Gasteiger partial charge in [0, 0.05) is 19.4 Å². The van der Waals surface area contributed by atoms with Crippen molar-refractivity contribution in [1.29, 1.82) is 0 Å². The second-order valence-corrected chi connectivity index (χ2v) is 4.81. The van der Waals surface area contributed by atoms with Gasteiger partial charge in [-0.3, -0.25) is 19.3 Å². The van der Waals surface area contributed by atoms with E-state index in [0.717, 1.165) is 0 Å². The van der Waals surface area contributed by atoms with E-state index >= 15 is 0 Å². The Morgan fingerprint density at radius 3 is 2.39 bits per heavy atom. The summed E-state index contributed by atoms with van der Waals surface area (Å²) in [6.45, 7) is 2.03. The highest BCUT2D eigenvalue weighted by Crippen LogP contribution is 2.16. The molecule has 2 N–H and O–H groups in total. The van der Waals surface area contributed by atoms with E-state index in [4.69, 9.17) is 5.73 Å². The zero-order valence-electron chi connectivity index (χ0n) is 10.9. The molecule has 1 rings (SSSR count). The molecule has 1 saturated heterocycles. The number of hydrogen-bond acceptors (Lipinski definition) is 5. The van der Waals surface area contributed by atoms with Gasteiger partial charge in [0.1, 0.15) is 5.54 Å². The van der Waals surface area contributed by atoms with Crippen molar-refractivity contribution in [2.24, 2.45) is 5.73 Å². The molecule has 0 aromatic heterocycles. The zero-order valence-corrected chi connectivity index (χ0v) is 10.9. The summed E-state index contributed by atoms with van der Waals surface area (Å²) in [4.78, 5) is 35.3. The van der Waals surface area contributed by atoms with Crippen molar-refractivity contribution in [3.05, 3.63) is 0 Å². The molecule has 0 aromatic carbocycles. The zero-order chi connectivity index (χ0) is 13.8. The number of unbranched alkanes of at least 4 members (excludes halogenated alkanes) is 1. The minimum atomic E-state index is -1.01. The van der Waals surface area contributed by atoms with Crippen LogP contribution in [0.5, 0.6) is 0 Å². The smallest absolute Gasteiger partial charge is 0.325 e. The van der Waals surface area contributed by atoms with E-state index < -0.39 is 11.5 Å². The lowest BCUT2D eigenvalue weighted by Crippen LogP contribution is -2.45. The predicted molar refractivity (Wildman–Crippen MR) is 64.4 cm³/mol. The van der Waals surface area contributed by atoms with Gasteiger partial charge in [0.2, 0.25) is 11.8 Å². The van der Waals surface area contributed by atoms with Gasteiger partial charge in [-0.1, -0.05) is 0 Å². The number of nitrogens with zero attached hydrogens (tertiary/aromatic N) is 1. The third kappa shape index (κ3) is 3.53. The van der Waals surface area contributed by atoms with Crippen molar-refractivity contribution in [2.45, 2.75) is 44.6 Å². The second-order valence-electron chi connectivity index (χ2n) is 4.81. The Labute approximate surface area is 106 Å². The van der Waals surface area contributed by atoms with Crippen molar-refractivity contribution in [1.82, 2.24) is 4.90 Å². The molecule has 0 aliphatic carbocycles. The highest BCUT2D eigenvalue weighted by molar-refractivity contribution is 6.01. The SMILES string of the molecule is COC(=O)C(C)(N)CCCCN1C(=O)CCC1=O. The molecule has 6 nitrogen and oxygen atoms in total. The number of hydrogen-bond donors (Lipinski definition) is 1. The van der Waals surface area contributed by atoms with Crippen LogP contribution in [0.4, 0.5) is 0 Å². The van der Waals surface area contributed by atoms with E-state index in [9.17, 15) is 14.4 Å². The van der Waals surface area contributed by atoms with E-state index in [0.29, 0.717) is 38.6 Å². The van der Waals surface area contributed by atoms with Crippen molar-refractivity contribution < 1.29 is 19.1 Å². The largest absolute Gasteiger partial charge is 0.468 e. The Morgan fingerprint density at radius 1 is 1.33 bits per heavy atom. The number of ether oxygens (including phenoxy) is 1. The molecule has 1 aliphatic rings. The summed E-state index contributed by atoms with van der Waals surface area (Å²) in [6.07, 6.45) is 2.42. The number of imide groups is 1.